The molecule has 3 fully saturated rings. The van der Waals surface area contributed by atoms with E-state index in [0.29, 0.717) is 23.0 Å². The quantitative estimate of drug-likeness (QED) is 0.485. The summed E-state index contributed by atoms with van der Waals surface area (Å²) in [5.41, 5.74) is 1.75. The highest BCUT2D eigenvalue weighted by atomic mass is 16.3. The number of fused-ring (bicyclic) bond motifs is 5. The molecule has 0 aromatic heterocycles. The van der Waals surface area contributed by atoms with Crippen LogP contribution < -0.4 is 0 Å². The first-order valence-corrected chi connectivity index (χ1v) is 13.5. The molecule has 0 aromatic carbocycles. The number of rotatable bonds is 6. The maximum Gasteiger partial charge on any atom is 0.159 e. The third kappa shape index (κ3) is 3.87. The molecule has 0 spiro atoms. The zero-order valence-corrected chi connectivity index (χ0v) is 21.1. The Morgan fingerprint density at radius 1 is 1.03 bits per heavy atom. The number of aliphatic hydroxyl groups excluding tert-OH is 1. The molecular weight excluding hydrogens is 380 g/mol. The molecule has 31 heavy (non-hydrogen) atoms. The Bertz CT molecular complexity index is 708. The summed E-state index contributed by atoms with van der Waals surface area (Å²) in [7, 11) is 0. The summed E-state index contributed by atoms with van der Waals surface area (Å²) >= 11 is 0. The van der Waals surface area contributed by atoms with Crippen LogP contribution in [-0.2, 0) is 4.79 Å². The summed E-state index contributed by atoms with van der Waals surface area (Å²) in [6, 6.07) is 0. The second-order valence-electron chi connectivity index (χ2n) is 12.8. The molecule has 0 bridgehead atoms. The first kappa shape index (κ1) is 23.5. The van der Waals surface area contributed by atoms with Crippen molar-refractivity contribution in [1.29, 1.82) is 0 Å². The molecule has 1 N–H and O–H groups in total. The number of aliphatic hydroxyl groups is 1. The second-order valence-corrected chi connectivity index (χ2v) is 12.8. The van der Waals surface area contributed by atoms with Crippen LogP contribution in [0.5, 0.6) is 0 Å². The van der Waals surface area contributed by atoms with Gasteiger partial charge >= 0.3 is 0 Å². The highest BCUT2D eigenvalue weighted by molar-refractivity contribution is 5.94. The lowest BCUT2D eigenvalue weighted by molar-refractivity contribution is -0.135. The van der Waals surface area contributed by atoms with Crippen molar-refractivity contribution < 1.29 is 9.90 Å². The molecule has 0 saturated heterocycles. The summed E-state index contributed by atoms with van der Waals surface area (Å²) < 4.78 is 0. The Morgan fingerprint density at radius 2 is 1.77 bits per heavy atom. The van der Waals surface area contributed by atoms with E-state index in [1.807, 2.05) is 6.08 Å². The summed E-state index contributed by atoms with van der Waals surface area (Å²) in [5, 5.41) is 10.2. The lowest BCUT2D eigenvalue weighted by Crippen LogP contribution is -2.53. The normalized spacial score (nSPS) is 44.3. The fourth-order valence-electron chi connectivity index (χ4n) is 9.04. The Balaban J connectivity index is 1.52. The van der Waals surface area contributed by atoms with Gasteiger partial charge in [-0.2, -0.15) is 0 Å². The van der Waals surface area contributed by atoms with Crippen LogP contribution in [0.2, 0.25) is 0 Å². The average molecular weight is 429 g/mol. The van der Waals surface area contributed by atoms with E-state index in [1.54, 1.807) is 0 Å². The molecule has 2 nitrogen and oxygen atoms in total. The Kier molecular flexibility index (Phi) is 6.54. The maximum absolute atomic E-state index is 13.5. The van der Waals surface area contributed by atoms with E-state index in [9.17, 15) is 9.90 Å². The first-order chi connectivity index (χ1) is 14.6. The third-order valence-electron chi connectivity index (χ3n) is 11.1. The molecule has 0 heterocycles. The van der Waals surface area contributed by atoms with Gasteiger partial charge in [-0.3, -0.25) is 4.79 Å². The van der Waals surface area contributed by atoms with Gasteiger partial charge in [0.25, 0.3) is 0 Å². The van der Waals surface area contributed by atoms with Crippen molar-refractivity contribution in [3.05, 3.63) is 11.6 Å². The van der Waals surface area contributed by atoms with Crippen LogP contribution in [0.25, 0.3) is 0 Å². The highest BCUT2D eigenvalue weighted by Gasteiger charge is 2.61. The standard InChI is InChI=1S/C29H48O2/c1-7-20(18(2)3)9-8-19(4)23-10-11-24-27-25(13-15-29(23,24)6)28(5)14-12-22(30)16-21(28)17-26(27)31/h17-20,22-25,27,30H,7-16H2,1-6H3/t19-,20-,22+,23-,24-,25+,27-,28+,29-/m1/s1. The molecule has 0 amide bonds. The minimum atomic E-state index is -0.243. The van der Waals surface area contributed by atoms with Gasteiger partial charge in [0.2, 0.25) is 0 Å². The van der Waals surface area contributed by atoms with E-state index in [2.05, 4.69) is 41.5 Å². The van der Waals surface area contributed by atoms with Crippen molar-refractivity contribution in [2.24, 2.45) is 52.3 Å². The third-order valence-corrected chi connectivity index (χ3v) is 11.1. The molecule has 0 unspecified atom stereocenters. The molecule has 0 aliphatic heterocycles. The van der Waals surface area contributed by atoms with Crippen LogP contribution in [0.15, 0.2) is 11.6 Å². The molecule has 4 aliphatic rings. The van der Waals surface area contributed by atoms with Gasteiger partial charge in [-0.1, -0.05) is 60.0 Å². The Morgan fingerprint density at radius 3 is 2.45 bits per heavy atom. The number of allylic oxidation sites excluding steroid dienone is 1. The van der Waals surface area contributed by atoms with Crippen molar-refractivity contribution in [3.63, 3.8) is 0 Å². The van der Waals surface area contributed by atoms with Gasteiger partial charge in [-0.25, -0.2) is 0 Å². The van der Waals surface area contributed by atoms with Crippen LogP contribution in [0.1, 0.15) is 106 Å². The van der Waals surface area contributed by atoms with Crippen molar-refractivity contribution in [3.8, 4) is 0 Å². The second kappa shape index (κ2) is 8.62. The van der Waals surface area contributed by atoms with Gasteiger partial charge in [0.15, 0.2) is 5.78 Å². The average Bonchev–Trinajstić information content (AvgIpc) is 3.06. The molecule has 176 valence electrons. The topological polar surface area (TPSA) is 37.3 Å². The van der Waals surface area contributed by atoms with E-state index < -0.39 is 0 Å². The highest BCUT2D eigenvalue weighted by Crippen LogP contribution is 2.66. The largest absolute Gasteiger partial charge is 0.393 e. The molecule has 0 radical (unpaired) electrons. The van der Waals surface area contributed by atoms with Gasteiger partial charge in [0.05, 0.1) is 6.10 Å². The minimum absolute atomic E-state index is 0.147. The van der Waals surface area contributed by atoms with Crippen molar-refractivity contribution >= 4 is 5.78 Å². The molecule has 9 atom stereocenters. The number of carbonyl (C=O) groups excluding carboxylic acids is 1. The van der Waals surface area contributed by atoms with E-state index >= 15 is 0 Å². The number of ketones is 1. The lowest BCUT2D eigenvalue weighted by Gasteiger charge is -2.57. The molecule has 2 heteroatoms. The van der Waals surface area contributed by atoms with Gasteiger partial charge in [-0.15, -0.1) is 0 Å². The summed E-state index contributed by atoms with van der Waals surface area (Å²) in [6.45, 7) is 14.6. The van der Waals surface area contributed by atoms with Gasteiger partial charge in [0.1, 0.15) is 0 Å². The molecule has 4 rings (SSSR count). The van der Waals surface area contributed by atoms with E-state index in [-0.39, 0.29) is 17.4 Å². The van der Waals surface area contributed by atoms with Crippen LogP contribution in [-0.4, -0.2) is 17.0 Å². The molecule has 0 aromatic rings. The van der Waals surface area contributed by atoms with Crippen LogP contribution in [0, 0.1) is 52.3 Å². The van der Waals surface area contributed by atoms with Crippen LogP contribution in [0.3, 0.4) is 0 Å². The number of hydrogen-bond acceptors (Lipinski definition) is 2. The number of hydrogen-bond donors (Lipinski definition) is 1. The SMILES string of the molecule is CC[C@H](CC[C@@H](C)[C@H]1CC[C@@H]2[C@H]3C(=O)C=C4C[C@@H](O)CC[C@]4(C)[C@H]3CC[C@@]21C)C(C)C. The van der Waals surface area contributed by atoms with Crippen molar-refractivity contribution in [1.82, 2.24) is 0 Å². The predicted molar refractivity (Wildman–Crippen MR) is 129 cm³/mol. The van der Waals surface area contributed by atoms with Gasteiger partial charge < -0.3 is 5.11 Å². The fourth-order valence-corrected chi connectivity index (χ4v) is 9.04. The number of carbonyl (C=O) groups is 1. The van der Waals surface area contributed by atoms with Crippen molar-refractivity contribution in [2.75, 3.05) is 0 Å². The van der Waals surface area contributed by atoms with Crippen LogP contribution >= 0.6 is 0 Å². The maximum atomic E-state index is 13.5. The summed E-state index contributed by atoms with van der Waals surface area (Å²) in [4.78, 5) is 13.5. The summed E-state index contributed by atoms with van der Waals surface area (Å²) in [5.74, 6) is 4.90. The fraction of sp³-hybridized carbons (Fsp3) is 0.897. The summed E-state index contributed by atoms with van der Waals surface area (Å²) in [6.07, 6.45) is 13.5. The van der Waals surface area contributed by atoms with E-state index in [4.69, 9.17) is 0 Å². The zero-order chi connectivity index (χ0) is 22.6. The zero-order valence-electron chi connectivity index (χ0n) is 21.1. The first-order valence-electron chi connectivity index (χ1n) is 13.5. The van der Waals surface area contributed by atoms with Crippen molar-refractivity contribution in [2.45, 2.75) is 112 Å². The molecular formula is C29H48O2. The van der Waals surface area contributed by atoms with Gasteiger partial charge in [-0.05, 0) is 104 Å². The lowest BCUT2D eigenvalue weighted by atomic mass is 9.46. The van der Waals surface area contributed by atoms with Crippen LogP contribution in [0.4, 0.5) is 0 Å². The van der Waals surface area contributed by atoms with Gasteiger partial charge in [0, 0.05) is 5.92 Å². The monoisotopic (exact) mass is 428 g/mol. The molecule has 3 saturated carbocycles. The minimum Gasteiger partial charge on any atom is -0.393 e. The van der Waals surface area contributed by atoms with E-state index in [1.165, 1.54) is 50.5 Å². The van der Waals surface area contributed by atoms with E-state index in [0.717, 1.165) is 42.9 Å². The molecule has 4 aliphatic carbocycles. The smallest absolute Gasteiger partial charge is 0.159 e. The Labute approximate surface area is 191 Å². The Hall–Kier alpha value is -0.630. The predicted octanol–water partition coefficient (Wildman–Crippen LogP) is 7.20.